The number of hydrogen-bond acceptors (Lipinski definition) is 6. The third-order valence-corrected chi connectivity index (χ3v) is 6.88. The van der Waals surface area contributed by atoms with Gasteiger partial charge in [0.25, 0.3) is 0 Å². The van der Waals surface area contributed by atoms with E-state index >= 15 is 0 Å². The third-order valence-electron chi connectivity index (χ3n) is 6.22. The van der Waals surface area contributed by atoms with Gasteiger partial charge in [-0.25, -0.2) is 4.98 Å². The van der Waals surface area contributed by atoms with E-state index in [-0.39, 0.29) is 0 Å². The van der Waals surface area contributed by atoms with Gasteiger partial charge in [-0.3, -0.25) is 9.38 Å². The molecular formula is C24H30N4O2S. The van der Waals surface area contributed by atoms with Crippen LogP contribution in [0.25, 0.3) is 16.9 Å². The molecule has 0 aliphatic heterocycles. The first-order valence-corrected chi connectivity index (χ1v) is 12.2. The highest BCUT2D eigenvalue weighted by Gasteiger charge is 2.32. The fraction of sp³-hybridized carbons (Fsp3) is 0.500. The number of anilines is 1. The molecule has 7 heteroatoms. The maximum atomic E-state index is 5.73. The number of aryl methyl sites for hydroxylation is 1. The summed E-state index contributed by atoms with van der Waals surface area (Å²) in [6, 6.07) is 4.05. The molecule has 0 amide bonds. The number of thioether (sulfide) groups is 1. The van der Waals surface area contributed by atoms with Crippen LogP contribution in [-0.2, 0) is 0 Å². The quantitative estimate of drug-likeness (QED) is 0.435. The fourth-order valence-electron chi connectivity index (χ4n) is 4.29. The molecule has 2 saturated carbocycles. The van der Waals surface area contributed by atoms with Crippen molar-refractivity contribution in [2.45, 2.75) is 37.6 Å². The summed E-state index contributed by atoms with van der Waals surface area (Å²) in [5.41, 5.74) is 3.56. The Kier molecular flexibility index (Phi) is 5.46. The number of rotatable bonds is 9. The van der Waals surface area contributed by atoms with Crippen LogP contribution >= 0.6 is 11.8 Å². The zero-order valence-corrected chi connectivity index (χ0v) is 19.5. The standard InChI is InChI=1S/C24H30N4O2S/c1-15-11-18(29-2)20(19(12-15)30-3)21-22-26-23(31-4)24(28(22)10-9-25-21)27(13-16-5-6-16)14-17-7-8-17/h9-12,16-17H,5-8,13-14H2,1-4H3. The molecular weight excluding hydrogens is 408 g/mol. The summed E-state index contributed by atoms with van der Waals surface area (Å²) in [7, 11) is 3.38. The molecule has 6 nitrogen and oxygen atoms in total. The van der Waals surface area contributed by atoms with E-state index in [2.05, 4.69) is 15.6 Å². The largest absolute Gasteiger partial charge is 0.496 e. The molecule has 2 heterocycles. The number of methoxy groups -OCH3 is 2. The van der Waals surface area contributed by atoms with Crippen LogP contribution in [0.5, 0.6) is 11.5 Å². The number of aromatic nitrogens is 3. The van der Waals surface area contributed by atoms with Gasteiger partial charge in [-0.1, -0.05) is 0 Å². The van der Waals surface area contributed by atoms with Crippen molar-refractivity contribution < 1.29 is 9.47 Å². The van der Waals surface area contributed by atoms with E-state index in [1.807, 2.05) is 31.5 Å². The molecule has 0 unspecified atom stereocenters. The van der Waals surface area contributed by atoms with Crippen LogP contribution < -0.4 is 14.4 Å². The van der Waals surface area contributed by atoms with E-state index in [4.69, 9.17) is 19.4 Å². The molecule has 0 saturated heterocycles. The summed E-state index contributed by atoms with van der Waals surface area (Å²) < 4.78 is 13.7. The highest BCUT2D eigenvalue weighted by atomic mass is 32.2. The maximum Gasteiger partial charge on any atom is 0.166 e. The second kappa shape index (κ2) is 8.26. The van der Waals surface area contributed by atoms with E-state index in [1.54, 1.807) is 26.0 Å². The zero-order valence-electron chi connectivity index (χ0n) is 18.7. The average molecular weight is 439 g/mol. The molecule has 2 aromatic heterocycles. The molecule has 2 fully saturated rings. The van der Waals surface area contributed by atoms with Crippen molar-refractivity contribution in [2.24, 2.45) is 11.8 Å². The van der Waals surface area contributed by atoms with Gasteiger partial charge in [0.05, 0.1) is 19.8 Å². The molecule has 0 bridgehead atoms. The van der Waals surface area contributed by atoms with Crippen LogP contribution in [0, 0.1) is 18.8 Å². The molecule has 2 aliphatic rings. The number of imidazole rings is 1. The van der Waals surface area contributed by atoms with Crippen molar-refractivity contribution in [2.75, 3.05) is 38.5 Å². The van der Waals surface area contributed by atoms with E-state index in [9.17, 15) is 0 Å². The summed E-state index contributed by atoms with van der Waals surface area (Å²) in [6.07, 6.45) is 11.4. The molecule has 164 valence electrons. The van der Waals surface area contributed by atoms with Gasteiger partial charge in [-0.15, -0.1) is 11.8 Å². The molecule has 0 atom stereocenters. The smallest absolute Gasteiger partial charge is 0.166 e. The SMILES string of the molecule is COc1cc(C)cc(OC)c1-c1nccn2c(N(CC3CC3)CC3CC3)c(SC)nc12. The molecule has 0 spiro atoms. The fourth-order valence-corrected chi connectivity index (χ4v) is 4.88. The molecule has 31 heavy (non-hydrogen) atoms. The van der Waals surface area contributed by atoms with Gasteiger partial charge in [0.15, 0.2) is 5.65 Å². The highest BCUT2D eigenvalue weighted by Crippen LogP contribution is 2.43. The topological polar surface area (TPSA) is 51.9 Å². The van der Waals surface area contributed by atoms with E-state index in [1.165, 1.54) is 31.5 Å². The van der Waals surface area contributed by atoms with Crippen LogP contribution in [-0.4, -0.2) is 47.9 Å². The highest BCUT2D eigenvalue weighted by molar-refractivity contribution is 7.98. The van der Waals surface area contributed by atoms with Gasteiger partial charge in [-0.2, -0.15) is 0 Å². The van der Waals surface area contributed by atoms with Crippen molar-refractivity contribution in [3.63, 3.8) is 0 Å². The van der Waals surface area contributed by atoms with Crippen LogP contribution in [0.1, 0.15) is 31.2 Å². The average Bonchev–Trinajstić information content (AvgIpc) is 3.71. The lowest BCUT2D eigenvalue weighted by Crippen LogP contribution is -2.29. The van der Waals surface area contributed by atoms with Crippen LogP contribution in [0.3, 0.4) is 0 Å². The summed E-state index contributed by atoms with van der Waals surface area (Å²) in [5.74, 6) is 4.34. The van der Waals surface area contributed by atoms with Crippen LogP contribution in [0.2, 0.25) is 0 Å². The van der Waals surface area contributed by atoms with Crippen molar-refractivity contribution in [3.05, 3.63) is 30.1 Å². The van der Waals surface area contributed by atoms with E-state index < -0.39 is 0 Å². The molecule has 3 aromatic rings. The van der Waals surface area contributed by atoms with Gasteiger partial charge in [0, 0.05) is 25.5 Å². The van der Waals surface area contributed by atoms with Gasteiger partial charge < -0.3 is 14.4 Å². The molecule has 0 radical (unpaired) electrons. The van der Waals surface area contributed by atoms with Gasteiger partial charge >= 0.3 is 0 Å². The third kappa shape index (κ3) is 3.95. The molecule has 0 N–H and O–H groups in total. The first-order chi connectivity index (χ1) is 15.1. The molecule has 1 aromatic carbocycles. The Bertz CT molecular complexity index is 1070. The summed E-state index contributed by atoms with van der Waals surface area (Å²) in [5, 5.41) is 1.06. The summed E-state index contributed by atoms with van der Waals surface area (Å²) >= 11 is 1.71. The summed E-state index contributed by atoms with van der Waals surface area (Å²) in [4.78, 5) is 12.4. The Labute approximate surface area is 188 Å². The Hall–Kier alpha value is -2.41. The predicted molar refractivity (Wildman–Crippen MR) is 126 cm³/mol. The van der Waals surface area contributed by atoms with E-state index in [0.717, 1.165) is 63.9 Å². The minimum absolute atomic E-state index is 0.750. The van der Waals surface area contributed by atoms with Crippen LogP contribution in [0.4, 0.5) is 5.82 Å². The Morgan fingerprint density at radius 3 is 2.19 bits per heavy atom. The molecule has 5 rings (SSSR count). The minimum atomic E-state index is 0.750. The van der Waals surface area contributed by atoms with Crippen molar-refractivity contribution in [1.29, 1.82) is 0 Å². The number of benzene rings is 1. The van der Waals surface area contributed by atoms with Crippen LogP contribution in [0.15, 0.2) is 29.6 Å². The lowest BCUT2D eigenvalue weighted by molar-refractivity contribution is 0.396. The number of ether oxygens (including phenoxy) is 2. The van der Waals surface area contributed by atoms with Crippen molar-refractivity contribution >= 4 is 23.2 Å². The van der Waals surface area contributed by atoms with Gasteiger partial charge in [0.1, 0.15) is 28.0 Å². The van der Waals surface area contributed by atoms with Gasteiger partial charge in [0.2, 0.25) is 0 Å². The number of hydrogen-bond donors (Lipinski definition) is 0. The minimum Gasteiger partial charge on any atom is -0.496 e. The first kappa shape index (κ1) is 20.5. The molecule has 2 aliphatic carbocycles. The summed E-state index contributed by atoms with van der Waals surface area (Å²) in [6.45, 7) is 4.27. The Morgan fingerprint density at radius 1 is 1.06 bits per heavy atom. The van der Waals surface area contributed by atoms with E-state index in [0.29, 0.717) is 0 Å². The first-order valence-electron chi connectivity index (χ1n) is 11.0. The second-order valence-electron chi connectivity index (χ2n) is 8.75. The monoisotopic (exact) mass is 438 g/mol. The number of nitrogens with zero attached hydrogens (tertiary/aromatic N) is 4. The normalized spacial score (nSPS) is 16.0. The predicted octanol–water partition coefficient (Wildman–Crippen LogP) is 5.07. The van der Waals surface area contributed by atoms with Crippen molar-refractivity contribution in [1.82, 2.24) is 14.4 Å². The lowest BCUT2D eigenvalue weighted by Gasteiger charge is -2.25. The lowest BCUT2D eigenvalue weighted by atomic mass is 10.1. The number of fused-ring (bicyclic) bond motifs is 1. The maximum absolute atomic E-state index is 5.73. The Balaban J connectivity index is 1.69. The second-order valence-corrected chi connectivity index (χ2v) is 9.55. The zero-order chi connectivity index (χ0) is 21.5. The Morgan fingerprint density at radius 2 is 1.68 bits per heavy atom. The van der Waals surface area contributed by atoms with Crippen molar-refractivity contribution in [3.8, 4) is 22.8 Å². The van der Waals surface area contributed by atoms with Gasteiger partial charge in [-0.05, 0) is 68.4 Å².